The van der Waals surface area contributed by atoms with Crippen LogP contribution in [-0.4, -0.2) is 4.98 Å². The molecule has 1 rings (SSSR count). The average Bonchev–Trinajstić information content (AvgIpc) is 2.15. The smallest absolute Gasteiger partial charge is 0.0937 e. The van der Waals surface area contributed by atoms with Crippen molar-refractivity contribution in [3.63, 3.8) is 0 Å². The molecule has 1 heterocycles. The van der Waals surface area contributed by atoms with Crippen molar-refractivity contribution in [2.45, 2.75) is 13.5 Å². The van der Waals surface area contributed by atoms with Gasteiger partial charge in [-0.2, -0.15) is 0 Å². The van der Waals surface area contributed by atoms with Gasteiger partial charge in [-0.25, -0.2) is 0 Å². The number of hydrogen-bond acceptors (Lipinski definition) is 2. The van der Waals surface area contributed by atoms with Crippen molar-refractivity contribution >= 4 is 34.1 Å². The van der Waals surface area contributed by atoms with Crippen LogP contribution in [0.25, 0.3) is 5.57 Å². The van der Waals surface area contributed by atoms with Crippen molar-refractivity contribution in [3.05, 3.63) is 36.2 Å². The maximum Gasteiger partial charge on any atom is 0.0937 e. The molecule has 2 nitrogen and oxygen atoms in total. The number of hydrogen-bond donors (Lipinski definition) is 0. The third kappa shape index (κ3) is 3.71. The van der Waals surface area contributed by atoms with Gasteiger partial charge in [0.2, 0.25) is 0 Å². The monoisotopic (exact) mass is 307 g/mol. The zero-order valence-corrected chi connectivity index (χ0v) is 10.5. The molecular weight excluding hydrogens is 296 g/mol. The van der Waals surface area contributed by atoms with E-state index in [4.69, 9.17) is 4.52 Å². The number of rotatable bonds is 4. The second-order valence-corrected chi connectivity index (χ2v) is 4.45. The normalized spacial score (nSPS) is 10.9. The minimum atomic E-state index is 0.488. The highest BCUT2D eigenvalue weighted by Crippen LogP contribution is 2.23. The summed E-state index contributed by atoms with van der Waals surface area (Å²) in [5.74, 6) is 0. The molecule has 1 atom stereocenters. The molecule has 0 radical (unpaired) electrons. The van der Waals surface area contributed by atoms with Gasteiger partial charge in [0.25, 0.3) is 0 Å². The van der Waals surface area contributed by atoms with Crippen LogP contribution in [0.5, 0.6) is 0 Å². The fourth-order valence-electron chi connectivity index (χ4n) is 0.864. The summed E-state index contributed by atoms with van der Waals surface area (Å²) < 4.78 is 5.25. The lowest BCUT2D eigenvalue weighted by molar-refractivity contribution is 0.354. The molecule has 1 unspecified atom stereocenters. The maximum absolute atomic E-state index is 5.25. The Bertz CT molecular complexity index is 286. The van der Waals surface area contributed by atoms with E-state index in [0.717, 1.165) is 16.8 Å². The summed E-state index contributed by atoms with van der Waals surface area (Å²) in [7, 11) is 0. The quantitative estimate of drug-likeness (QED) is 0.626. The van der Waals surface area contributed by atoms with Crippen LogP contribution in [0, 0.1) is 0 Å². The first kappa shape index (κ1) is 11.1. The van der Waals surface area contributed by atoms with Crippen LogP contribution in [0.1, 0.15) is 18.2 Å². The average molecular weight is 307 g/mol. The van der Waals surface area contributed by atoms with Crippen molar-refractivity contribution in [2.24, 2.45) is 0 Å². The third-order valence-electron chi connectivity index (χ3n) is 1.59. The fourth-order valence-corrected chi connectivity index (χ4v) is 1.53. The van der Waals surface area contributed by atoms with Crippen LogP contribution in [-0.2, 0) is 11.1 Å². The van der Waals surface area contributed by atoms with Crippen molar-refractivity contribution in [2.75, 3.05) is 0 Å². The van der Waals surface area contributed by atoms with Crippen molar-refractivity contribution in [1.82, 2.24) is 4.98 Å². The molecule has 0 aliphatic carbocycles. The number of aromatic nitrogens is 1. The highest BCUT2D eigenvalue weighted by atomic mass is 127. The molecule has 0 amide bonds. The van der Waals surface area contributed by atoms with Gasteiger partial charge in [-0.1, -0.05) is 12.6 Å². The number of allylic oxidation sites excluding steroid dienone is 1. The Morgan fingerprint density at radius 1 is 1.69 bits per heavy atom. The summed E-state index contributed by atoms with van der Waals surface area (Å²) in [5, 5.41) is 0. The van der Waals surface area contributed by atoms with Crippen LogP contribution in [0.2, 0.25) is 0 Å². The zero-order chi connectivity index (χ0) is 9.68. The Morgan fingerprint density at radius 3 is 2.92 bits per heavy atom. The van der Waals surface area contributed by atoms with Crippen LogP contribution in [0.4, 0.5) is 0 Å². The minimum Gasteiger partial charge on any atom is -0.346 e. The Labute approximate surface area is 93.1 Å². The SMILES string of the molecule is C=C(C)c1ccc(COPI)nc1. The Balaban J connectivity index is 2.64. The van der Waals surface area contributed by atoms with Crippen molar-refractivity contribution < 1.29 is 4.52 Å². The Kier molecular flexibility index (Phi) is 4.84. The predicted octanol–water partition coefficient (Wildman–Crippen LogP) is 3.57. The summed E-state index contributed by atoms with van der Waals surface area (Å²) in [6.07, 6.45) is 1.83. The number of nitrogens with zero attached hydrogens (tertiary/aromatic N) is 1. The maximum atomic E-state index is 5.25. The van der Waals surface area contributed by atoms with E-state index in [0.29, 0.717) is 13.1 Å². The van der Waals surface area contributed by atoms with Gasteiger partial charge in [0.05, 0.1) is 18.8 Å². The van der Waals surface area contributed by atoms with E-state index in [1.165, 1.54) is 0 Å². The molecular formula is C9H11INOP. The van der Waals surface area contributed by atoms with E-state index in [2.05, 4.69) is 33.6 Å². The zero-order valence-electron chi connectivity index (χ0n) is 7.38. The van der Waals surface area contributed by atoms with E-state index in [9.17, 15) is 0 Å². The van der Waals surface area contributed by atoms with Gasteiger partial charge >= 0.3 is 0 Å². The third-order valence-corrected chi connectivity index (χ3v) is 2.78. The van der Waals surface area contributed by atoms with Crippen molar-refractivity contribution in [1.29, 1.82) is 0 Å². The first-order valence-electron chi connectivity index (χ1n) is 3.82. The predicted molar refractivity (Wildman–Crippen MR) is 66.1 cm³/mol. The van der Waals surface area contributed by atoms with Gasteiger partial charge in [-0.15, -0.1) is 0 Å². The molecule has 0 bridgehead atoms. The Hall–Kier alpha value is 0.01000. The molecule has 4 heteroatoms. The number of halogens is 1. The van der Waals surface area contributed by atoms with Gasteiger partial charge in [-0.3, -0.25) is 4.98 Å². The van der Waals surface area contributed by atoms with Gasteiger partial charge in [-0.05, 0) is 46.2 Å². The summed E-state index contributed by atoms with van der Waals surface area (Å²) in [6, 6.07) is 3.99. The molecule has 0 saturated carbocycles. The lowest BCUT2D eigenvalue weighted by atomic mass is 10.1. The van der Waals surface area contributed by atoms with Gasteiger partial charge in [0, 0.05) is 6.20 Å². The molecule has 0 aliphatic rings. The molecule has 13 heavy (non-hydrogen) atoms. The molecule has 0 fully saturated rings. The van der Waals surface area contributed by atoms with E-state index in [1.807, 2.05) is 25.3 Å². The van der Waals surface area contributed by atoms with Crippen LogP contribution >= 0.6 is 28.5 Å². The highest BCUT2D eigenvalue weighted by Gasteiger charge is 1.96. The topological polar surface area (TPSA) is 22.1 Å². The minimum absolute atomic E-state index is 0.488. The molecule has 70 valence electrons. The first-order valence-corrected chi connectivity index (χ1v) is 7.84. The Morgan fingerprint density at radius 2 is 2.46 bits per heavy atom. The molecule has 1 aromatic heterocycles. The van der Waals surface area contributed by atoms with E-state index in [-0.39, 0.29) is 0 Å². The standard InChI is InChI=1S/C9H11INOP/c1-7(2)8-3-4-9(11-5-8)6-12-13-10/h3-5,13H,1,6H2,2H3. The second kappa shape index (κ2) is 5.68. The van der Waals surface area contributed by atoms with Gasteiger partial charge in [0.1, 0.15) is 0 Å². The molecule has 0 aliphatic heterocycles. The van der Waals surface area contributed by atoms with Crippen LogP contribution in [0.15, 0.2) is 24.9 Å². The summed E-state index contributed by atoms with van der Waals surface area (Å²) in [6.45, 7) is 6.90. The molecule has 0 N–H and O–H groups in total. The lowest BCUT2D eigenvalue weighted by Crippen LogP contribution is -1.90. The summed E-state index contributed by atoms with van der Waals surface area (Å²) >= 11 is 2.20. The molecule has 0 saturated heterocycles. The van der Waals surface area contributed by atoms with Crippen LogP contribution in [0.3, 0.4) is 0 Å². The van der Waals surface area contributed by atoms with Crippen LogP contribution < -0.4 is 0 Å². The number of pyridine rings is 1. The molecule has 0 aromatic carbocycles. The largest absolute Gasteiger partial charge is 0.346 e. The fraction of sp³-hybridized carbons (Fsp3) is 0.222. The molecule has 1 aromatic rings. The summed E-state index contributed by atoms with van der Waals surface area (Å²) in [5.41, 5.74) is 3.09. The van der Waals surface area contributed by atoms with E-state index < -0.39 is 0 Å². The lowest BCUT2D eigenvalue weighted by Gasteiger charge is -2.01. The molecule has 0 spiro atoms. The highest BCUT2D eigenvalue weighted by molar-refractivity contribution is 14.2. The van der Waals surface area contributed by atoms with Crippen molar-refractivity contribution in [3.8, 4) is 0 Å². The van der Waals surface area contributed by atoms with E-state index in [1.54, 1.807) is 0 Å². The second-order valence-electron chi connectivity index (χ2n) is 2.68. The first-order chi connectivity index (χ1) is 6.24. The summed E-state index contributed by atoms with van der Waals surface area (Å²) in [4.78, 5) is 4.25. The van der Waals surface area contributed by atoms with Gasteiger partial charge < -0.3 is 4.52 Å². The van der Waals surface area contributed by atoms with Gasteiger partial charge in [0.15, 0.2) is 0 Å². The van der Waals surface area contributed by atoms with E-state index >= 15 is 0 Å².